The fraction of sp³-hybridized carbons (Fsp3) is 0.133. The van der Waals surface area contributed by atoms with E-state index in [-0.39, 0.29) is 0 Å². The van der Waals surface area contributed by atoms with Crippen LogP contribution in [0.25, 0.3) is 16.9 Å². The van der Waals surface area contributed by atoms with Crippen molar-refractivity contribution in [2.45, 2.75) is 13.8 Å². The van der Waals surface area contributed by atoms with E-state index in [4.69, 9.17) is 0 Å². The fourth-order valence-electron chi connectivity index (χ4n) is 1.87. The number of aryl methyl sites for hydroxylation is 2. The predicted octanol–water partition coefficient (Wildman–Crippen LogP) is 3.42. The Morgan fingerprint density at radius 3 is 2.41 bits per heavy atom. The SMILES string of the molecule is Cc1ccc(-c2[c]n3cc(C)ccc3n2)cc1. The molecule has 0 bridgehead atoms. The van der Waals surface area contributed by atoms with Gasteiger partial charge in [-0.3, -0.25) is 4.40 Å². The van der Waals surface area contributed by atoms with E-state index in [0.29, 0.717) is 0 Å². The minimum Gasteiger partial charge on any atom is -0.297 e. The van der Waals surface area contributed by atoms with Crippen molar-refractivity contribution in [3.8, 4) is 11.3 Å². The van der Waals surface area contributed by atoms with Crippen molar-refractivity contribution in [2.75, 3.05) is 0 Å². The van der Waals surface area contributed by atoms with Crippen molar-refractivity contribution < 1.29 is 0 Å². The van der Waals surface area contributed by atoms with Crippen molar-refractivity contribution >= 4 is 5.65 Å². The van der Waals surface area contributed by atoms with E-state index in [1.54, 1.807) is 0 Å². The Morgan fingerprint density at radius 2 is 1.65 bits per heavy atom. The molecule has 2 heterocycles. The van der Waals surface area contributed by atoms with Crippen molar-refractivity contribution in [1.29, 1.82) is 0 Å². The summed E-state index contributed by atoms with van der Waals surface area (Å²) in [6.07, 6.45) is 5.32. The standard InChI is InChI=1S/C15H13N2/c1-11-3-6-13(7-4-11)14-10-17-9-12(2)5-8-15(17)16-14/h3-9H,1-2H3. The molecule has 2 heteroatoms. The molecule has 0 aliphatic heterocycles. The van der Waals surface area contributed by atoms with Crippen LogP contribution in [-0.4, -0.2) is 9.38 Å². The van der Waals surface area contributed by atoms with E-state index in [2.05, 4.69) is 55.4 Å². The highest BCUT2D eigenvalue weighted by Crippen LogP contribution is 2.19. The molecule has 0 aliphatic carbocycles. The number of benzene rings is 1. The number of rotatable bonds is 1. The van der Waals surface area contributed by atoms with E-state index in [1.165, 1.54) is 11.1 Å². The topological polar surface area (TPSA) is 17.3 Å². The molecular formula is C15H13N2. The van der Waals surface area contributed by atoms with E-state index < -0.39 is 0 Å². The number of imidazole rings is 1. The maximum atomic E-state index is 4.56. The van der Waals surface area contributed by atoms with Gasteiger partial charge >= 0.3 is 0 Å². The predicted molar refractivity (Wildman–Crippen MR) is 68.9 cm³/mol. The first-order valence-corrected chi connectivity index (χ1v) is 5.67. The van der Waals surface area contributed by atoms with Crippen molar-refractivity contribution in [3.05, 3.63) is 59.9 Å². The van der Waals surface area contributed by atoms with E-state index in [0.717, 1.165) is 16.9 Å². The monoisotopic (exact) mass is 221 g/mol. The molecule has 17 heavy (non-hydrogen) atoms. The first-order valence-electron chi connectivity index (χ1n) is 5.67. The van der Waals surface area contributed by atoms with Gasteiger partial charge in [0.1, 0.15) is 5.65 Å². The quantitative estimate of drug-likeness (QED) is 0.615. The molecule has 0 unspecified atom stereocenters. The van der Waals surface area contributed by atoms with Crippen LogP contribution >= 0.6 is 0 Å². The van der Waals surface area contributed by atoms with Gasteiger partial charge in [-0.25, -0.2) is 4.98 Å². The number of pyridine rings is 1. The highest BCUT2D eigenvalue weighted by molar-refractivity contribution is 5.62. The highest BCUT2D eigenvalue weighted by Gasteiger charge is 2.04. The van der Waals surface area contributed by atoms with Gasteiger partial charge in [0, 0.05) is 11.8 Å². The Morgan fingerprint density at radius 1 is 0.941 bits per heavy atom. The Hall–Kier alpha value is -2.09. The first-order chi connectivity index (χ1) is 8.22. The maximum absolute atomic E-state index is 4.56. The fourth-order valence-corrected chi connectivity index (χ4v) is 1.87. The molecule has 0 aliphatic rings. The van der Waals surface area contributed by atoms with Gasteiger partial charge in [0.05, 0.1) is 11.9 Å². The summed E-state index contributed by atoms with van der Waals surface area (Å²) in [7, 11) is 0. The minimum absolute atomic E-state index is 0.899. The van der Waals surface area contributed by atoms with Crippen molar-refractivity contribution in [3.63, 3.8) is 0 Å². The van der Waals surface area contributed by atoms with Crippen LogP contribution in [0.2, 0.25) is 0 Å². The molecule has 3 aromatic rings. The van der Waals surface area contributed by atoms with Crippen LogP contribution in [0.3, 0.4) is 0 Å². The third kappa shape index (κ3) is 1.82. The second-order valence-electron chi connectivity index (χ2n) is 4.37. The minimum atomic E-state index is 0.899. The van der Waals surface area contributed by atoms with Crippen LogP contribution in [0.1, 0.15) is 11.1 Å². The number of hydrogen-bond donors (Lipinski definition) is 0. The summed E-state index contributed by atoms with van der Waals surface area (Å²) in [6.45, 7) is 4.15. The van der Waals surface area contributed by atoms with Crippen LogP contribution in [0, 0.1) is 20.0 Å². The molecule has 0 amide bonds. The first kappa shape index (κ1) is 10.1. The molecule has 1 aromatic carbocycles. The van der Waals surface area contributed by atoms with Gasteiger partial charge in [-0.15, -0.1) is 0 Å². The van der Waals surface area contributed by atoms with Crippen molar-refractivity contribution in [1.82, 2.24) is 9.38 Å². The molecule has 0 spiro atoms. The average molecular weight is 221 g/mol. The molecule has 2 aromatic heterocycles. The smallest absolute Gasteiger partial charge is 0.138 e. The van der Waals surface area contributed by atoms with Crippen LogP contribution in [0.5, 0.6) is 0 Å². The van der Waals surface area contributed by atoms with Crippen molar-refractivity contribution in [2.24, 2.45) is 0 Å². The third-order valence-electron chi connectivity index (χ3n) is 2.85. The molecule has 0 N–H and O–H groups in total. The second-order valence-corrected chi connectivity index (χ2v) is 4.37. The lowest BCUT2D eigenvalue weighted by Crippen LogP contribution is -1.82. The Bertz CT molecular complexity index is 663. The molecule has 83 valence electrons. The molecule has 0 fully saturated rings. The lowest BCUT2D eigenvalue weighted by molar-refractivity contribution is 1.15. The summed E-state index contributed by atoms with van der Waals surface area (Å²) in [5, 5.41) is 0. The van der Waals surface area contributed by atoms with Crippen LogP contribution in [0.15, 0.2) is 42.6 Å². The van der Waals surface area contributed by atoms with Gasteiger partial charge in [-0.1, -0.05) is 35.9 Å². The normalized spacial score (nSPS) is 10.9. The Kier molecular flexibility index (Phi) is 2.22. The highest BCUT2D eigenvalue weighted by atomic mass is 15.0. The Balaban J connectivity index is 2.14. The summed E-state index contributed by atoms with van der Waals surface area (Å²) in [6, 6.07) is 12.4. The number of fused-ring (bicyclic) bond motifs is 1. The number of aromatic nitrogens is 2. The summed E-state index contributed by atoms with van der Waals surface area (Å²) in [4.78, 5) is 4.56. The number of hydrogen-bond acceptors (Lipinski definition) is 1. The molecular weight excluding hydrogens is 208 g/mol. The van der Waals surface area contributed by atoms with Gasteiger partial charge < -0.3 is 0 Å². The average Bonchev–Trinajstić information content (AvgIpc) is 2.72. The van der Waals surface area contributed by atoms with E-state index in [1.807, 2.05) is 16.7 Å². The zero-order valence-corrected chi connectivity index (χ0v) is 9.94. The summed E-state index contributed by atoms with van der Waals surface area (Å²) < 4.78 is 1.95. The lowest BCUT2D eigenvalue weighted by atomic mass is 10.1. The number of nitrogens with zero attached hydrogens (tertiary/aromatic N) is 2. The summed E-state index contributed by atoms with van der Waals surface area (Å²) in [5.41, 5.74) is 5.41. The van der Waals surface area contributed by atoms with Crippen LogP contribution in [0.4, 0.5) is 0 Å². The largest absolute Gasteiger partial charge is 0.297 e. The molecule has 0 atom stereocenters. The lowest BCUT2D eigenvalue weighted by Gasteiger charge is -1.95. The third-order valence-corrected chi connectivity index (χ3v) is 2.85. The van der Waals surface area contributed by atoms with Gasteiger partial charge in [-0.05, 0) is 25.5 Å². The molecule has 2 nitrogen and oxygen atoms in total. The van der Waals surface area contributed by atoms with E-state index in [9.17, 15) is 0 Å². The molecule has 0 saturated heterocycles. The van der Waals surface area contributed by atoms with Gasteiger partial charge in [0.2, 0.25) is 0 Å². The van der Waals surface area contributed by atoms with Gasteiger partial charge in [0.15, 0.2) is 0 Å². The van der Waals surface area contributed by atoms with Crippen LogP contribution < -0.4 is 0 Å². The summed E-state index contributed by atoms with van der Waals surface area (Å²) in [5.74, 6) is 0. The zero-order valence-electron chi connectivity index (χ0n) is 9.94. The molecule has 3 rings (SSSR count). The second kappa shape index (κ2) is 3.74. The maximum Gasteiger partial charge on any atom is 0.138 e. The zero-order chi connectivity index (χ0) is 11.8. The van der Waals surface area contributed by atoms with Gasteiger partial charge in [0.25, 0.3) is 0 Å². The Labute approximate surface area is 101 Å². The van der Waals surface area contributed by atoms with Gasteiger partial charge in [-0.2, -0.15) is 0 Å². The summed E-state index contributed by atoms with van der Waals surface area (Å²) >= 11 is 0. The molecule has 1 radical (unpaired) electrons. The van der Waals surface area contributed by atoms with Crippen LogP contribution in [-0.2, 0) is 0 Å². The molecule has 0 saturated carbocycles. The van der Waals surface area contributed by atoms with E-state index >= 15 is 0 Å².